The molecule has 0 amide bonds. The fourth-order valence-electron chi connectivity index (χ4n) is 1.92. The Morgan fingerprint density at radius 1 is 1.43 bits per heavy atom. The maximum Gasteiger partial charge on any atom is 0.0523 e. The number of hydrogen-bond acceptors (Lipinski definition) is 1. The number of rotatable bonds is 0. The van der Waals surface area contributed by atoms with E-state index in [0.717, 1.165) is 6.54 Å². The predicted molar refractivity (Wildman–Crippen MR) is 73.0 cm³/mol. The highest BCUT2D eigenvalue weighted by Crippen LogP contribution is 2.41. The number of fused-ring (bicyclic) bond motifs is 1. The van der Waals surface area contributed by atoms with E-state index in [-0.39, 0.29) is 0 Å². The zero-order chi connectivity index (χ0) is 10.3. The van der Waals surface area contributed by atoms with Gasteiger partial charge >= 0.3 is 0 Å². The normalized spacial score (nSPS) is 18.6. The van der Waals surface area contributed by atoms with E-state index in [9.17, 15) is 0 Å². The molecule has 1 N–H and O–H groups in total. The van der Waals surface area contributed by atoms with Crippen molar-refractivity contribution in [1.29, 1.82) is 0 Å². The first kappa shape index (κ1) is 10.7. The summed E-state index contributed by atoms with van der Waals surface area (Å²) in [4.78, 5) is 0. The van der Waals surface area contributed by atoms with Crippen LogP contribution in [0.1, 0.15) is 25.8 Å². The number of hydrogen-bond donors (Lipinski definition) is 1. The molecule has 1 aliphatic rings. The summed E-state index contributed by atoms with van der Waals surface area (Å²) in [5.74, 6) is 0. The summed E-state index contributed by atoms with van der Waals surface area (Å²) in [6.07, 6.45) is 1.20. The molecule has 0 aromatic heterocycles. The second kappa shape index (κ2) is 3.67. The SMILES string of the molecule is CC1(C)CCNc2c(Br)cc(I)cc21. The molecule has 2 rings (SSSR count). The topological polar surface area (TPSA) is 12.0 Å². The van der Waals surface area contributed by atoms with Gasteiger partial charge in [-0.15, -0.1) is 0 Å². The van der Waals surface area contributed by atoms with Crippen molar-refractivity contribution in [1.82, 2.24) is 0 Å². The largest absolute Gasteiger partial charge is 0.384 e. The summed E-state index contributed by atoms with van der Waals surface area (Å²) in [5, 5.41) is 3.46. The van der Waals surface area contributed by atoms with Crippen LogP contribution in [0, 0.1) is 3.57 Å². The lowest BCUT2D eigenvalue weighted by atomic mass is 9.78. The molecule has 1 nitrogen and oxygen atoms in total. The molecule has 0 saturated carbocycles. The Kier molecular flexibility index (Phi) is 2.81. The molecule has 1 aliphatic heterocycles. The van der Waals surface area contributed by atoms with E-state index >= 15 is 0 Å². The van der Waals surface area contributed by atoms with Crippen molar-refractivity contribution in [3.8, 4) is 0 Å². The van der Waals surface area contributed by atoms with Crippen molar-refractivity contribution < 1.29 is 0 Å². The van der Waals surface area contributed by atoms with Gasteiger partial charge in [-0.1, -0.05) is 13.8 Å². The van der Waals surface area contributed by atoms with Crippen molar-refractivity contribution in [2.45, 2.75) is 25.7 Å². The lowest BCUT2D eigenvalue weighted by Gasteiger charge is -2.34. The Bertz CT molecular complexity index is 374. The van der Waals surface area contributed by atoms with E-state index in [1.807, 2.05) is 0 Å². The number of halogens is 2. The molecule has 1 aromatic rings. The van der Waals surface area contributed by atoms with Gasteiger partial charge in [0.15, 0.2) is 0 Å². The van der Waals surface area contributed by atoms with Crippen LogP contribution in [0.25, 0.3) is 0 Å². The molecular weight excluding hydrogens is 353 g/mol. The summed E-state index contributed by atoms with van der Waals surface area (Å²) in [6.45, 7) is 5.70. The van der Waals surface area contributed by atoms with Gasteiger partial charge in [0.25, 0.3) is 0 Å². The molecule has 0 fully saturated rings. The second-order valence-corrected chi connectivity index (χ2v) is 6.47. The van der Waals surface area contributed by atoms with E-state index in [2.05, 4.69) is 69.8 Å². The molecule has 0 saturated heterocycles. The number of nitrogens with one attached hydrogen (secondary N) is 1. The summed E-state index contributed by atoms with van der Waals surface area (Å²) < 4.78 is 2.48. The van der Waals surface area contributed by atoms with Crippen LogP contribution in [0.5, 0.6) is 0 Å². The van der Waals surface area contributed by atoms with Crippen LogP contribution < -0.4 is 5.32 Å². The summed E-state index contributed by atoms with van der Waals surface area (Å²) in [7, 11) is 0. The average Bonchev–Trinajstić information content (AvgIpc) is 2.06. The maximum atomic E-state index is 3.62. The highest BCUT2D eigenvalue weighted by Gasteiger charge is 2.28. The summed E-state index contributed by atoms with van der Waals surface area (Å²) in [5.41, 5.74) is 3.01. The maximum absolute atomic E-state index is 3.62. The molecule has 0 aliphatic carbocycles. The van der Waals surface area contributed by atoms with E-state index in [1.54, 1.807) is 0 Å². The average molecular weight is 366 g/mol. The Labute approximate surface area is 107 Å². The van der Waals surface area contributed by atoms with Gasteiger partial charge in [-0.3, -0.25) is 0 Å². The smallest absolute Gasteiger partial charge is 0.0523 e. The van der Waals surface area contributed by atoms with E-state index < -0.39 is 0 Å². The van der Waals surface area contributed by atoms with Crippen LogP contribution in [-0.2, 0) is 5.41 Å². The summed E-state index contributed by atoms with van der Waals surface area (Å²) in [6, 6.07) is 4.45. The van der Waals surface area contributed by atoms with Gasteiger partial charge in [0.2, 0.25) is 0 Å². The van der Waals surface area contributed by atoms with Gasteiger partial charge in [-0.25, -0.2) is 0 Å². The minimum absolute atomic E-state index is 0.296. The molecule has 1 aromatic carbocycles. The molecule has 14 heavy (non-hydrogen) atoms. The van der Waals surface area contributed by atoms with E-state index in [1.165, 1.54) is 25.7 Å². The molecule has 0 bridgehead atoms. The molecule has 0 radical (unpaired) electrons. The van der Waals surface area contributed by atoms with Crippen LogP contribution in [-0.4, -0.2) is 6.54 Å². The van der Waals surface area contributed by atoms with E-state index in [0.29, 0.717) is 5.41 Å². The van der Waals surface area contributed by atoms with Gasteiger partial charge in [0.05, 0.1) is 5.69 Å². The Morgan fingerprint density at radius 3 is 2.86 bits per heavy atom. The number of benzene rings is 1. The van der Waals surface area contributed by atoms with Gasteiger partial charge in [0, 0.05) is 14.6 Å². The van der Waals surface area contributed by atoms with Crippen molar-refractivity contribution in [2.24, 2.45) is 0 Å². The van der Waals surface area contributed by atoms with Crippen LogP contribution >= 0.6 is 38.5 Å². The number of anilines is 1. The van der Waals surface area contributed by atoms with Crippen LogP contribution in [0.2, 0.25) is 0 Å². The predicted octanol–water partition coefficient (Wildman–Crippen LogP) is 4.15. The highest BCUT2D eigenvalue weighted by molar-refractivity contribution is 14.1. The Morgan fingerprint density at radius 2 is 2.14 bits per heavy atom. The van der Waals surface area contributed by atoms with Crippen LogP contribution in [0.15, 0.2) is 16.6 Å². The van der Waals surface area contributed by atoms with Gasteiger partial charge < -0.3 is 5.32 Å². The molecule has 1 heterocycles. The molecular formula is C11H13BrIN. The molecule has 76 valence electrons. The molecule has 0 spiro atoms. The van der Waals surface area contributed by atoms with Crippen molar-refractivity contribution in [3.05, 3.63) is 25.7 Å². The van der Waals surface area contributed by atoms with Crippen LogP contribution in [0.4, 0.5) is 5.69 Å². The van der Waals surface area contributed by atoms with Gasteiger partial charge in [0.1, 0.15) is 0 Å². The first-order valence-corrected chi connectivity index (χ1v) is 6.61. The Balaban J connectivity index is 2.63. The first-order chi connectivity index (χ1) is 6.50. The van der Waals surface area contributed by atoms with Crippen molar-refractivity contribution in [2.75, 3.05) is 11.9 Å². The minimum Gasteiger partial charge on any atom is -0.384 e. The fraction of sp³-hybridized carbons (Fsp3) is 0.455. The zero-order valence-corrected chi connectivity index (χ0v) is 12.1. The van der Waals surface area contributed by atoms with Crippen LogP contribution in [0.3, 0.4) is 0 Å². The van der Waals surface area contributed by atoms with Crippen molar-refractivity contribution >= 4 is 44.2 Å². The lowest BCUT2D eigenvalue weighted by Crippen LogP contribution is -2.28. The standard InChI is InChI=1S/C11H13BrIN/c1-11(2)3-4-14-10-8(11)5-7(13)6-9(10)12/h5-6,14H,3-4H2,1-2H3. The van der Waals surface area contributed by atoms with Gasteiger partial charge in [-0.2, -0.15) is 0 Å². The third-order valence-electron chi connectivity index (χ3n) is 2.84. The first-order valence-electron chi connectivity index (χ1n) is 4.74. The molecule has 3 heteroatoms. The van der Waals surface area contributed by atoms with E-state index in [4.69, 9.17) is 0 Å². The molecule has 0 unspecified atom stereocenters. The zero-order valence-electron chi connectivity index (χ0n) is 8.32. The Hall–Kier alpha value is 0.230. The third-order valence-corrected chi connectivity index (χ3v) is 4.08. The minimum atomic E-state index is 0.296. The van der Waals surface area contributed by atoms with Gasteiger partial charge in [-0.05, 0) is 68.1 Å². The van der Waals surface area contributed by atoms with Crippen molar-refractivity contribution in [3.63, 3.8) is 0 Å². The fourth-order valence-corrected chi connectivity index (χ4v) is 3.57. The summed E-state index contributed by atoms with van der Waals surface area (Å²) >= 11 is 5.99. The lowest BCUT2D eigenvalue weighted by molar-refractivity contribution is 0.481. The third kappa shape index (κ3) is 1.81. The second-order valence-electron chi connectivity index (χ2n) is 4.37. The highest BCUT2D eigenvalue weighted by atomic mass is 127. The monoisotopic (exact) mass is 365 g/mol. The quantitative estimate of drug-likeness (QED) is 0.681. The molecule has 0 atom stereocenters.